The Bertz CT molecular complexity index is 2560. The van der Waals surface area contributed by atoms with Crippen LogP contribution >= 0.6 is 11.3 Å². The van der Waals surface area contributed by atoms with Crippen LogP contribution < -0.4 is 4.90 Å². The van der Waals surface area contributed by atoms with Crippen LogP contribution in [0.4, 0.5) is 17.1 Å². The summed E-state index contributed by atoms with van der Waals surface area (Å²) in [5.74, 6) is 0. The molecule has 0 saturated heterocycles. The fourth-order valence-corrected chi connectivity index (χ4v) is 10.4. The van der Waals surface area contributed by atoms with Crippen LogP contribution in [0.15, 0.2) is 152 Å². The van der Waals surface area contributed by atoms with E-state index < -0.39 is 0 Å². The summed E-state index contributed by atoms with van der Waals surface area (Å²) in [6.45, 7) is 9.58. The first-order valence-electron chi connectivity index (χ1n) is 17.6. The third-order valence-corrected chi connectivity index (χ3v) is 12.6. The van der Waals surface area contributed by atoms with Crippen LogP contribution in [0.25, 0.3) is 53.6 Å². The lowest BCUT2D eigenvalue weighted by Gasteiger charge is -2.35. The summed E-state index contributed by atoms with van der Waals surface area (Å²) in [5.41, 5.74) is 16.7. The first kappa shape index (κ1) is 29.5. The first-order valence-corrected chi connectivity index (χ1v) is 18.4. The molecule has 2 aliphatic rings. The molecule has 240 valence electrons. The second-order valence-electron chi connectivity index (χ2n) is 14.9. The summed E-state index contributed by atoms with van der Waals surface area (Å²) in [6, 6.07) is 56.6. The van der Waals surface area contributed by atoms with E-state index in [1.807, 2.05) is 11.3 Å². The van der Waals surface area contributed by atoms with Crippen molar-refractivity contribution in [3.8, 4) is 33.4 Å². The molecule has 10 rings (SSSR count). The van der Waals surface area contributed by atoms with Gasteiger partial charge in [-0.25, -0.2) is 0 Å². The number of thiophene rings is 1. The molecule has 0 atom stereocenters. The Morgan fingerprint density at radius 2 is 0.940 bits per heavy atom. The topological polar surface area (TPSA) is 3.24 Å². The van der Waals surface area contributed by atoms with E-state index in [1.54, 1.807) is 0 Å². The second kappa shape index (κ2) is 10.5. The molecule has 0 bridgehead atoms. The molecule has 0 radical (unpaired) electrons. The van der Waals surface area contributed by atoms with E-state index in [1.165, 1.54) is 92.9 Å². The molecule has 0 spiro atoms. The number of fused-ring (bicyclic) bond motifs is 9. The maximum atomic E-state index is 2.58. The molecule has 0 unspecified atom stereocenters. The largest absolute Gasteiger partial charge is 0.310 e. The zero-order chi connectivity index (χ0) is 33.8. The van der Waals surface area contributed by atoms with Crippen molar-refractivity contribution >= 4 is 48.6 Å². The summed E-state index contributed by atoms with van der Waals surface area (Å²) in [7, 11) is 0. The summed E-state index contributed by atoms with van der Waals surface area (Å²) in [5, 5.41) is 2.66. The van der Waals surface area contributed by atoms with E-state index in [2.05, 4.69) is 184 Å². The van der Waals surface area contributed by atoms with E-state index in [0.29, 0.717) is 0 Å². The van der Waals surface area contributed by atoms with Crippen molar-refractivity contribution in [2.45, 2.75) is 38.5 Å². The van der Waals surface area contributed by atoms with Crippen LogP contribution in [-0.2, 0) is 10.8 Å². The molecule has 1 nitrogen and oxygen atoms in total. The van der Waals surface area contributed by atoms with Gasteiger partial charge in [-0.15, -0.1) is 11.3 Å². The van der Waals surface area contributed by atoms with Crippen LogP contribution in [0.1, 0.15) is 49.9 Å². The smallest absolute Gasteiger partial charge is 0.0508 e. The summed E-state index contributed by atoms with van der Waals surface area (Å²) in [4.78, 5) is 2.58. The highest BCUT2D eigenvalue weighted by atomic mass is 32.1. The Balaban J connectivity index is 1.26. The molecule has 2 aliphatic carbocycles. The third-order valence-electron chi connectivity index (χ3n) is 11.4. The number of rotatable bonds is 4. The highest BCUT2D eigenvalue weighted by molar-refractivity contribution is 7.25. The third kappa shape index (κ3) is 4.00. The van der Waals surface area contributed by atoms with Crippen molar-refractivity contribution in [2.24, 2.45) is 0 Å². The number of hydrogen-bond acceptors (Lipinski definition) is 2. The lowest BCUT2D eigenvalue weighted by atomic mass is 9.80. The van der Waals surface area contributed by atoms with E-state index in [0.717, 1.165) is 0 Å². The maximum absolute atomic E-state index is 2.58. The first-order chi connectivity index (χ1) is 24.3. The van der Waals surface area contributed by atoms with Crippen molar-refractivity contribution in [3.05, 3.63) is 174 Å². The quantitative estimate of drug-likeness (QED) is 0.182. The Morgan fingerprint density at radius 1 is 0.440 bits per heavy atom. The Hall–Kier alpha value is -5.44. The fourth-order valence-electron chi connectivity index (χ4n) is 9.25. The monoisotopic (exact) mass is 659 g/mol. The van der Waals surface area contributed by atoms with Crippen LogP contribution in [0, 0.1) is 0 Å². The number of nitrogens with zero attached hydrogens (tertiary/aromatic N) is 1. The Labute approximate surface area is 298 Å². The van der Waals surface area contributed by atoms with E-state index in [4.69, 9.17) is 0 Å². The zero-order valence-corrected chi connectivity index (χ0v) is 29.6. The lowest BCUT2D eigenvalue weighted by Crippen LogP contribution is -2.24. The van der Waals surface area contributed by atoms with Crippen molar-refractivity contribution in [1.82, 2.24) is 0 Å². The van der Waals surface area contributed by atoms with Gasteiger partial charge in [0.25, 0.3) is 0 Å². The molecule has 0 saturated carbocycles. The van der Waals surface area contributed by atoms with Gasteiger partial charge in [0.2, 0.25) is 0 Å². The Kier molecular flexibility index (Phi) is 6.21. The highest BCUT2D eigenvalue weighted by Gasteiger charge is 2.42. The molecule has 0 N–H and O–H groups in total. The molecule has 0 fully saturated rings. The number of anilines is 3. The van der Waals surface area contributed by atoms with Gasteiger partial charge in [0.1, 0.15) is 0 Å². The average Bonchev–Trinajstić information content (AvgIpc) is 3.73. The van der Waals surface area contributed by atoms with Gasteiger partial charge in [-0.2, -0.15) is 0 Å². The van der Waals surface area contributed by atoms with E-state index in [9.17, 15) is 0 Å². The number of hydrogen-bond donors (Lipinski definition) is 0. The number of benzene rings is 7. The molecule has 50 heavy (non-hydrogen) atoms. The molecule has 7 aromatic carbocycles. The van der Waals surface area contributed by atoms with Crippen LogP contribution in [0.5, 0.6) is 0 Å². The average molecular weight is 660 g/mol. The van der Waals surface area contributed by atoms with Crippen LogP contribution in [-0.4, -0.2) is 0 Å². The van der Waals surface area contributed by atoms with Crippen molar-refractivity contribution < 1.29 is 0 Å². The van der Waals surface area contributed by atoms with Crippen molar-refractivity contribution in [1.29, 1.82) is 0 Å². The predicted molar refractivity (Wildman–Crippen MR) is 215 cm³/mol. The molecule has 0 amide bonds. The molecule has 0 aliphatic heterocycles. The van der Waals surface area contributed by atoms with Gasteiger partial charge in [0, 0.05) is 36.7 Å². The van der Waals surface area contributed by atoms with Crippen molar-refractivity contribution in [3.63, 3.8) is 0 Å². The van der Waals surface area contributed by atoms with Gasteiger partial charge >= 0.3 is 0 Å². The molecular weight excluding hydrogens is 623 g/mol. The predicted octanol–water partition coefficient (Wildman–Crippen LogP) is 13.8. The molecule has 1 heterocycles. The minimum Gasteiger partial charge on any atom is -0.310 e. The van der Waals surface area contributed by atoms with Crippen LogP contribution in [0.3, 0.4) is 0 Å². The second-order valence-corrected chi connectivity index (χ2v) is 16.0. The maximum Gasteiger partial charge on any atom is 0.0508 e. The van der Waals surface area contributed by atoms with Gasteiger partial charge in [-0.1, -0.05) is 143 Å². The van der Waals surface area contributed by atoms with Gasteiger partial charge < -0.3 is 4.90 Å². The molecule has 8 aromatic rings. The Morgan fingerprint density at radius 3 is 1.60 bits per heavy atom. The fraction of sp³-hybridized carbons (Fsp3) is 0.125. The summed E-state index contributed by atoms with van der Waals surface area (Å²) >= 11 is 1.88. The van der Waals surface area contributed by atoms with E-state index >= 15 is 0 Å². The van der Waals surface area contributed by atoms with Gasteiger partial charge in [0.15, 0.2) is 0 Å². The summed E-state index contributed by atoms with van der Waals surface area (Å²) < 4.78 is 2.66. The van der Waals surface area contributed by atoms with Crippen LogP contribution in [0.2, 0.25) is 0 Å². The normalized spacial score (nSPS) is 14.7. The molecular formula is C48H37NS. The highest BCUT2D eigenvalue weighted by Crippen LogP contribution is 2.58. The minimum absolute atomic E-state index is 0.171. The van der Waals surface area contributed by atoms with E-state index in [-0.39, 0.29) is 10.8 Å². The lowest BCUT2D eigenvalue weighted by molar-refractivity contribution is 0.656. The SMILES string of the molecule is CC1(C)c2ccccc2-c2cccc(N(c3cccc(-c4cccc5sc6ccccc6c45)c3)c3cccc4c3C(C)(C)c3ccccc3-4)c21. The molecule has 2 heteroatoms. The molecule has 1 aromatic heterocycles. The zero-order valence-electron chi connectivity index (χ0n) is 28.8. The minimum atomic E-state index is -0.171. The van der Waals surface area contributed by atoms with Gasteiger partial charge in [0.05, 0.1) is 11.4 Å². The summed E-state index contributed by atoms with van der Waals surface area (Å²) in [6.07, 6.45) is 0. The van der Waals surface area contributed by atoms with Crippen molar-refractivity contribution in [2.75, 3.05) is 4.90 Å². The van der Waals surface area contributed by atoms with Gasteiger partial charge in [-0.3, -0.25) is 0 Å². The standard InChI is InChI=1S/C48H37NS/c1-47(2)38-23-8-5-17-33(38)35-21-12-25-40(45(35)47)49(41-26-13-22-36-34-18-6-9-24-39(34)48(3,4)46(36)41)31-16-11-15-30(29-31)32-20-14-28-43-44(32)37-19-7-10-27-42(37)50-43/h5-29H,1-4H3. The van der Waals surface area contributed by atoms with Gasteiger partial charge in [-0.05, 0) is 92.0 Å².